The predicted molar refractivity (Wildman–Crippen MR) is 63.3 cm³/mol. The van der Waals surface area contributed by atoms with Crippen molar-refractivity contribution >= 4 is 10.0 Å². The molecule has 0 radical (unpaired) electrons. The zero-order chi connectivity index (χ0) is 12.9. The summed E-state index contributed by atoms with van der Waals surface area (Å²) in [5.74, 6) is -0.621. The maximum Gasteiger partial charge on any atom is 0.215 e. The van der Waals surface area contributed by atoms with Crippen LogP contribution in [0.4, 0.5) is 4.39 Å². The third kappa shape index (κ3) is 5.25. The summed E-state index contributed by atoms with van der Waals surface area (Å²) in [4.78, 5) is 0. The third-order valence-corrected chi connectivity index (χ3v) is 3.60. The van der Waals surface area contributed by atoms with Crippen LogP contribution in [0.15, 0.2) is 24.3 Å². The molecule has 6 heteroatoms. The summed E-state index contributed by atoms with van der Waals surface area (Å²) in [6, 6.07) is 5.27. The molecule has 0 saturated carbocycles. The summed E-state index contributed by atoms with van der Waals surface area (Å²) >= 11 is 0. The van der Waals surface area contributed by atoms with E-state index in [1.54, 1.807) is 6.92 Å². The van der Waals surface area contributed by atoms with Gasteiger partial charge in [0.2, 0.25) is 10.0 Å². The molecule has 0 aliphatic carbocycles. The van der Waals surface area contributed by atoms with E-state index in [4.69, 9.17) is 0 Å². The van der Waals surface area contributed by atoms with Gasteiger partial charge >= 0.3 is 0 Å². The summed E-state index contributed by atoms with van der Waals surface area (Å²) in [5, 5.41) is 9.25. The van der Waals surface area contributed by atoms with Gasteiger partial charge in [-0.1, -0.05) is 19.1 Å². The summed E-state index contributed by atoms with van der Waals surface area (Å²) < 4.78 is 38.1. The lowest BCUT2D eigenvalue weighted by atomic mass is 10.2. The number of halogens is 1. The molecule has 1 unspecified atom stereocenters. The standard InChI is InChI=1S/C11H16FNO3S/c1-2-11(14)7-13-17(15,16)8-9-3-5-10(12)6-4-9/h3-6,11,13-14H,2,7-8H2,1H3. The maximum atomic E-state index is 12.6. The fourth-order valence-electron chi connectivity index (χ4n) is 1.22. The second-order valence-corrected chi connectivity index (χ2v) is 5.60. The van der Waals surface area contributed by atoms with Crippen molar-refractivity contribution in [3.63, 3.8) is 0 Å². The Bertz CT molecular complexity index is 444. The Morgan fingerprint density at radius 3 is 2.47 bits per heavy atom. The topological polar surface area (TPSA) is 66.4 Å². The van der Waals surface area contributed by atoms with Gasteiger partial charge in [-0.2, -0.15) is 0 Å². The van der Waals surface area contributed by atoms with Crippen LogP contribution in [-0.2, 0) is 15.8 Å². The Hall–Kier alpha value is -0.980. The van der Waals surface area contributed by atoms with Crippen molar-refractivity contribution in [2.75, 3.05) is 6.54 Å². The number of aliphatic hydroxyl groups is 1. The first-order valence-corrected chi connectivity index (χ1v) is 6.98. The van der Waals surface area contributed by atoms with Gasteiger partial charge in [0.05, 0.1) is 11.9 Å². The van der Waals surface area contributed by atoms with Gasteiger partial charge in [0.25, 0.3) is 0 Å². The number of benzene rings is 1. The summed E-state index contributed by atoms with van der Waals surface area (Å²) in [6.45, 7) is 1.76. The normalized spacial score (nSPS) is 13.6. The van der Waals surface area contributed by atoms with Crippen LogP contribution < -0.4 is 4.72 Å². The lowest BCUT2D eigenvalue weighted by molar-refractivity contribution is 0.174. The van der Waals surface area contributed by atoms with Gasteiger partial charge in [-0.15, -0.1) is 0 Å². The molecule has 0 aliphatic rings. The van der Waals surface area contributed by atoms with Crippen molar-refractivity contribution in [3.8, 4) is 0 Å². The lowest BCUT2D eigenvalue weighted by Crippen LogP contribution is -2.32. The van der Waals surface area contributed by atoms with Crippen molar-refractivity contribution in [2.24, 2.45) is 0 Å². The molecule has 0 bridgehead atoms. The minimum atomic E-state index is -3.49. The van der Waals surface area contributed by atoms with Gasteiger partial charge in [0.15, 0.2) is 0 Å². The van der Waals surface area contributed by atoms with E-state index in [2.05, 4.69) is 4.72 Å². The Labute approximate surface area is 101 Å². The second kappa shape index (κ2) is 6.09. The predicted octanol–water partition coefficient (Wildman–Crippen LogP) is 1.02. The molecule has 0 spiro atoms. The molecule has 0 amide bonds. The van der Waals surface area contributed by atoms with Crippen LogP contribution in [-0.4, -0.2) is 26.2 Å². The van der Waals surface area contributed by atoms with Crippen molar-refractivity contribution in [2.45, 2.75) is 25.2 Å². The van der Waals surface area contributed by atoms with Gasteiger partial charge in [0, 0.05) is 6.54 Å². The molecule has 0 aromatic heterocycles. The number of hydrogen-bond donors (Lipinski definition) is 2. The Balaban J connectivity index is 2.57. The molecule has 1 aromatic rings. The maximum absolute atomic E-state index is 12.6. The highest BCUT2D eigenvalue weighted by Gasteiger charge is 2.13. The highest BCUT2D eigenvalue weighted by molar-refractivity contribution is 7.88. The summed E-state index contributed by atoms with van der Waals surface area (Å²) in [6.07, 6.45) is -0.197. The molecular formula is C11H16FNO3S. The monoisotopic (exact) mass is 261 g/mol. The van der Waals surface area contributed by atoms with Crippen LogP contribution in [0, 0.1) is 5.82 Å². The number of aliphatic hydroxyl groups excluding tert-OH is 1. The Kier molecular flexibility index (Phi) is 5.04. The Morgan fingerprint density at radius 2 is 1.94 bits per heavy atom. The van der Waals surface area contributed by atoms with Crippen molar-refractivity contribution in [1.82, 2.24) is 4.72 Å². The summed E-state index contributed by atoms with van der Waals surface area (Å²) in [7, 11) is -3.49. The molecule has 0 aliphatic heterocycles. The highest BCUT2D eigenvalue weighted by atomic mass is 32.2. The van der Waals surface area contributed by atoms with Crippen LogP contribution in [0.3, 0.4) is 0 Å². The van der Waals surface area contributed by atoms with Gasteiger partial charge in [-0.25, -0.2) is 17.5 Å². The average Bonchev–Trinajstić information content (AvgIpc) is 2.29. The molecule has 1 aromatic carbocycles. The molecule has 17 heavy (non-hydrogen) atoms. The minimum absolute atomic E-state index is 0.0000278. The number of nitrogens with one attached hydrogen (secondary N) is 1. The van der Waals surface area contributed by atoms with E-state index in [-0.39, 0.29) is 12.3 Å². The van der Waals surface area contributed by atoms with E-state index in [0.717, 1.165) is 0 Å². The molecule has 2 N–H and O–H groups in total. The fourth-order valence-corrected chi connectivity index (χ4v) is 2.40. The van der Waals surface area contributed by atoms with E-state index in [1.807, 2.05) is 0 Å². The first kappa shape index (κ1) is 14.1. The lowest BCUT2D eigenvalue weighted by Gasteiger charge is -2.10. The first-order valence-electron chi connectivity index (χ1n) is 5.33. The van der Waals surface area contributed by atoms with Gasteiger partial charge in [0.1, 0.15) is 5.82 Å². The van der Waals surface area contributed by atoms with Crippen molar-refractivity contribution < 1.29 is 17.9 Å². The average molecular weight is 261 g/mol. The van der Waals surface area contributed by atoms with E-state index in [9.17, 15) is 17.9 Å². The Morgan fingerprint density at radius 1 is 1.35 bits per heavy atom. The molecule has 96 valence electrons. The van der Waals surface area contributed by atoms with E-state index < -0.39 is 21.9 Å². The quantitative estimate of drug-likeness (QED) is 0.803. The molecule has 0 fully saturated rings. The van der Waals surface area contributed by atoms with Gasteiger partial charge in [-0.05, 0) is 24.1 Å². The number of rotatable bonds is 6. The van der Waals surface area contributed by atoms with Crippen molar-refractivity contribution in [1.29, 1.82) is 0 Å². The highest BCUT2D eigenvalue weighted by Crippen LogP contribution is 2.06. The first-order chi connectivity index (χ1) is 7.93. The molecule has 0 heterocycles. The van der Waals surface area contributed by atoms with E-state index >= 15 is 0 Å². The minimum Gasteiger partial charge on any atom is -0.392 e. The van der Waals surface area contributed by atoms with Crippen molar-refractivity contribution in [3.05, 3.63) is 35.6 Å². The molecule has 1 atom stereocenters. The smallest absolute Gasteiger partial charge is 0.215 e. The molecule has 0 saturated heterocycles. The third-order valence-electron chi connectivity index (χ3n) is 2.28. The molecule has 1 rings (SSSR count). The van der Waals surface area contributed by atoms with Crippen LogP contribution >= 0.6 is 0 Å². The zero-order valence-electron chi connectivity index (χ0n) is 9.56. The number of hydrogen-bond acceptors (Lipinski definition) is 3. The molecular weight excluding hydrogens is 245 g/mol. The van der Waals surface area contributed by atoms with Crippen LogP contribution in [0.5, 0.6) is 0 Å². The van der Waals surface area contributed by atoms with E-state index in [0.29, 0.717) is 12.0 Å². The zero-order valence-corrected chi connectivity index (χ0v) is 10.4. The van der Waals surface area contributed by atoms with Crippen LogP contribution in [0.2, 0.25) is 0 Å². The van der Waals surface area contributed by atoms with Crippen LogP contribution in [0.25, 0.3) is 0 Å². The largest absolute Gasteiger partial charge is 0.392 e. The number of sulfonamides is 1. The van der Waals surface area contributed by atoms with Gasteiger partial charge in [-0.3, -0.25) is 0 Å². The second-order valence-electron chi connectivity index (χ2n) is 3.80. The molecule has 4 nitrogen and oxygen atoms in total. The van der Waals surface area contributed by atoms with Crippen LogP contribution in [0.1, 0.15) is 18.9 Å². The van der Waals surface area contributed by atoms with Gasteiger partial charge < -0.3 is 5.11 Å². The SMILES string of the molecule is CCC(O)CNS(=O)(=O)Cc1ccc(F)cc1. The van der Waals surface area contributed by atoms with E-state index in [1.165, 1.54) is 24.3 Å². The summed E-state index contributed by atoms with van der Waals surface area (Å²) in [5.41, 5.74) is 0.505. The fraction of sp³-hybridized carbons (Fsp3) is 0.455.